The summed E-state index contributed by atoms with van der Waals surface area (Å²) in [4.78, 5) is 30.0. The molecule has 0 unspecified atom stereocenters. The van der Waals surface area contributed by atoms with Crippen LogP contribution in [-0.2, 0) is 11.2 Å². The Kier molecular flexibility index (Phi) is 7.20. The van der Waals surface area contributed by atoms with Gasteiger partial charge in [-0.1, -0.05) is 13.3 Å². The number of nitrogens with two attached hydrogens (primary N) is 1. The summed E-state index contributed by atoms with van der Waals surface area (Å²) in [5.74, 6) is 0.0164. The van der Waals surface area contributed by atoms with Crippen LogP contribution in [0.5, 0.6) is 0 Å². The summed E-state index contributed by atoms with van der Waals surface area (Å²) in [7, 11) is 0. The fourth-order valence-corrected chi connectivity index (χ4v) is 3.55. The number of piperidine rings is 1. The smallest absolute Gasteiger partial charge is 0.270 e. The summed E-state index contributed by atoms with van der Waals surface area (Å²) in [6.45, 7) is 8.19. The number of rotatable bonds is 8. The second-order valence-corrected chi connectivity index (χ2v) is 6.79. The zero-order valence-corrected chi connectivity index (χ0v) is 15.7. The molecular weight excluding hydrogens is 318 g/mol. The minimum Gasteiger partial charge on any atom is -0.378 e. The highest BCUT2D eigenvalue weighted by molar-refractivity contribution is 6.02. The van der Waals surface area contributed by atoms with Gasteiger partial charge in [0, 0.05) is 31.0 Å². The number of likely N-dealkylation sites (tertiary alicyclic amines) is 1. The Labute approximate surface area is 150 Å². The minimum absolute atomic E-state index is 0.000502. The van der Waals surface area contributed by atoms with Crippen molar-refractivity contribution in [3.63, 3.8) is 0 Å². The van der Waals surface area contributed by atoms with Crippen molar-refractivity contribution in [2.24, 2.45) is 5.73 Å². The van der Waals surface area contributed by atoms with Gasteiger partial charge in [-0.2, -0.15) is 0 Å². The first-order valence-corrected chi connectivity index (χ1v) is 9.32. The van der Waals surface area contributed by atoms with Crippen LogP contribution in [0.15, 0.2) is 0 Å². The highest BCUT2D eigenvalue weighted by Crippen LogP contribution is 2.24. The molecule has 6 nitrogen and oxygen atoms in total. The maximum absolute atomic E-state index is 13.0. The number of H-pyrrole nitrogens is 1. The van der Waals surface area contributed by atoms with Crippen molar-refractivity contribution >= 4 is 11.7 Å². The largest absolute Gasteiger partial charge is 0.378 e. The summed E-state index contributed by atoms with van der Waals surface area (Å²) < 4.78 is 5.80. The molecule has 0 aliphatic carbocycles. The van der Waals surface area contributed by atoms with E-state index in [2.05, 4.69) is 11.9 Å². The van der Waals surface area contributed by atoms with Crippen molar-refractivity contribution in [2.75, 3.05) is 26.2 Å². The van der Waals surface area contributed by atoms with Crippen molar-refractivity contribution in [2.45, 2.75) is 59.0 Å². The summed E-state index contributed by atoms with van der Waals surface area (Å²) in [6.07, 6.45) is 4.41. The molecule has 3 N–H and O–H groups in total. The Bertz CT molecular complexity index is 601. The average Bonchev–Trinajstić information content (AvgIpc) is 2.92. The summed E-state index contributed by atoms with van der Waals surface area (Å²) in [5, 5.41) is 0. The fourth-order valence-electron chi connectivity index (χ4n) is 3.55. The maximum atomic E-state index is 13.0. The third kappa shape index (κ3) is 4.70. The second-order valence-electron chi connectivity index (χ2n) is 6.79. The zero-order valence-electron chi connectivity index (χ0n) is 15.7. The molecule has 1 saturated heterocycles. The van der Waals surface area contributed by atoms with Crippen LogP contribution in [0.25, 0.3) is 0 Å². The summed E-state index contributed by atoms with van der Waals surface area (Å²) in [6, 6.07) is 0. The van der Waals surface area contributed by atoms with Crippen molar-refractivity contribution < 1.29 is 14.3 Å². The highest BCUT2D eigenvalue weighted by Gasteiger charge is 2.28. The van der Waals surface area contributed by atoms with Crippen LogP contribution in [-0.4, -0.2) is 53.9 Å². The molecule has 1 aliphatic rings. The van der Waals surface area contributed by atoms with E-state index in [0.717, 1.165) is 43.4 Å². The van der Waals surface area contributed by atoms with Crippen LogP contribution in [0.2, 0.25) is 0 Å². The molecule has 140 valence electrons. The first-order valence-electron chi connectivity index (χ1n) is 9.32. The molecule has 1 aliphatic heterocycles. The molecule has 0 saturated carbocycles. The molecule has 0 aromatic carbocycles. The number of carbonyl (C=O) groups excluding carboxylic acids is 2. The van der Waals surface area contributed by atoms with E-state index in [-0.39, 0.29) is 17.8 Å². The van der Waals surface area contributed by atoms with E-state index in [1.165, 1.54) is 0 Å². The number of aromatic amines is 1. The zero-order chi connectivity index (χ0) is 18.4. The average molecular weight is 349 g/mol. The summed E-state index contributed by atoms with van der Waals surface area (Å²) in [5.41, 5.74) is 8.42. The third-order valence-corrected chi connectivity index (χ3v) is 4.79. The number of nitrogens with zero attached hydrogens (tertiary/aromatic N) is 1. The molecular formula is C19H31N3O3. The predicted octanol–water partition coefficient (Wildman–Crippen LogP) is 2.45. The lowest BCUT2D eigenvalue weighted by molar-refractivity contribution is 0.00827. The highest BCUT2D eigenvalue weighted by atomic mass is 16.5. The number of hydrogen-bond donors (Lipinski definition) is 2. The number of amides is 1. The molecule has 0 bridgehead atoms. The number of aromatic nitrogens is 1. The Morgan fingerprint density at radius 1 is 1.32 bits per heavy atom. The quantitative estimate of drug-likeness (QED) is 0.557. The molecule has 0 spiro atoms. The molecule has 6 heteroatoms. The Hall–Kier alpha value is -1.66. The van der Waals surface area contributed by atoms with Gasteiger partial charge in [0.25, 0.3) is 5.91 Å². The van der Waals surface area contributed by atoms with Gasteiger partial charge in [-0.3, -0.25) is 9.59 Å². The van der Waals surface area contributed by atoms with Crippen molar-refractivity contribution in [3.8, 4) is 0 Å². The van der Waals surface area contributed by atoms with Gasteiger partial charge in [-0.25, -0.2) is 0 Å². The SMILES string of the molecule is CCCc1c(C(=O)N2CCC(OCCCN)CC2)[nH]c(C)c1C(C)=O. The molecule has 0 atom stereocenters. The van der Waals surface area contributed by atoms with E-state index in [1.807, 2.05) is 11.8 Å². The Balaban J connectivity index is 2.06. The topological polar surface area (TPSA) is 88.4 Å². The van der Waals surface area contributed by atoms with Crippen molar-refractivity contribution in [1.82, 2.24) is 9.88 Å². The minimum atomic E-state index is -0.000502. The fraction of sp³-hybridized carbons (Fsp3) is 0.684. The van der Waals surface area contributed by atoms with E-state index in [4.69, 9.17) is 10.5 Å². The van der Waals surface area contributed by atoms with E-state index >= 15 is 0 Å². The lowest BCUT2D eigenvalue weighted by atomic mass is 10.00. The number of ketones is 1. The van der Waals surface area contributed by atoms with E-state index in [9.17, 15) is 9.59 Å². The lowest BCUT2D eigenvalue weighted by Gasteiger charge is -2.32. The van der Waals surface area contributed by atoms with E-state index in [0.29, 0.717) is 37.5 Å². The monoisotopic (exact) mass is 349 g/mol. The molecule has 1 aromatic heterocycles. The maximum Gasteiger partial charge on any atom is 0.270 e. The third-order valence-electron chi connectivity index (χ3n) is 4.79. The van der Waals surface area contributed by atoms with Crippen LogP contribution < -0.4 is 5.73 Å². The normalized spacial score (nSPS) is 15.6. The number of carbonyl (C=O) groups is 2. The van der Waals surface area contributed by atoms with Crippen LogP contribution >= 0.6 is 0 Å². The van der Waals surface area contributed by atoms with Gasteiger partial charge in [-0.05, 0) is 51.6 Å². The Morgan fingerprint density at radius 3 is 2.56 bits per heavy atom. The first kappa shape index (κ1) is 19.7. The van der Waals surface area contributed by atoms with Gasteiger partial charge >= 0.3 is 0 Å². The molecule has 1 amide bonds. The van der Waals surface area contributed by atoms with Crippen molar-refractivity contribution in [3.05, 3.63) is 22.5 Å². The lowest BCUT2D eigenvalue weighted by Crippen LogP contribution is -2.41. The summed E-state index contributed by atoms with van der Waals surface area (Å²) >= 11 is 0. The molecule has 25 heavy (non-hydrogen) atoms. The standard InChI is InChI=1S/C19H31N3O3/c1-4-6-16-17(14(3)23)13(2)21-18(16)19(24)22-10-7-15(8-11-22)25-12-5-9-20/h15,21H,4-12,20H2,1-3H3. The van der Waals surface area contributed by atoms with E-state index < -0.39 is 0 Å². The van der Waals surface area contributed by atoms with Gasteiger partial charge in [-0.15, -0.1) is 0 Å². The molecule has 1 aromatic rings. The Morgan fingerprint density at radius 2 is 2.00 bits per heavy atom. The number of Topliss-reactive ketones (excluding diaryl/α,β-unsaturated/α-hetero) is 1. The first-order chi connectivity index (χ1) is 12.0. The number of aryl methyl sites for hydroxylation is 1. The molecule has 2 heterocycles. The number of ether oxygens (including phenoxy) is 1. The van der Waals surface area contributed by atoms with Gasteiger partial charge in [0.05, 0.1) is 6.10 Å². The molecule has 1 fully saturated rings. The van der Waals surface area contributed by atoms with Crippen molar-refractivity contribution in [1.29, 1.82) is 0 Å². The van der Waals surface area contributed by atoms with Gasteiger partial charge < -0.3 is 20.4 Å². The number of hydrogen-bond acceptors (Lipinski definition) is 4. The molecule has 2 rings (SSSR count). The van der Waals surface area contributed by atoms with Crippen LogP contribution in [0.3, 0.4) is 0 Å². The van der Waals surface area contributed by atoms with Crippen LogP contribution in [0.4, 0.5) is 0 Å². The van der Waals surface area contributed by atoms with Crippen LogP contribution in [0.1, 0.15) is 71.6 Å². The van der Waals surface area contributed by atoms with Gasteiger partial charge in [0.1, 0.15) is 5.69 Å². The van der Waals surface area contributed by atoms with E-state index in [1.54, 1.807) is 6.92 Å². The predicted molar refractivity (Wildman–Crippen MR) is 98.1 cm³/mol. The van der Waals surface area contributed by atoms with Gasteiger partial charge in [0.15, 0.2) is 5.78 Å². The number of nitrogens with one attached hydrogen (secondary N) is 1. The van der Waals surface area contributed by atoms with Gasteiger partial charge in [0.2, 0.25) is 0 Å². The van der Waals surface area contributed by atoms with Crippen LogP contribution in [0, 0.1) is 6.92 Å². The molecule has 0 radical (unpaired) electrons. The second kappa shape index (κ2) is 9.15.